The van der Waals surface area contributed by atoms with Gasteiger partial charge in [0.1, 0.15) is 0 Å². The first kappa shape index (κ1) is 45.1. The number of benzene rings is 6. The molecule has 4 aliphatic carbocycles. The Labute approximate surface area is 380 Å². The van der Waals surface area contributed by atoms with Gasteiger partial charge >= 0.3 is 0 Å². The number of allylic oxidation sites excluding steroid dienone is 9. The molecule has 0 nitrogen and oxygen atoms in total. The summed E-state index contributed by atoms with van der Waals surface area (Å²) in [6, 6.07) is 49.4. The summed E-state index contributed by atoms with van der Waals surface area (Å²) < 4.78 is 0. The van der Waals surface area contributed by atoms with Gasteiger partial charge in [0.25, 0.3) is 0 Å². The molecule has 0 aromatic heterocycles. The van der Waals surface area contributed by atoms with E-state index in [0.29, 0.717) is 0 Å². The summed E-state index contributed by atoms with van der Waals surface area (Å²) >= 11 is 0. The zero-order valence-electron chi connectivity index (χ0n) is 39.5. The predicted molar refractivity (Wildman–Crippen MR) is 275 cm³/mol. The van der Waals surface area contributed by atoms with Gasteiger partial charge in [0.2, 0.25) is 0 Å². The maximum atomic E-state index is 3.98. The summed E-state index contributed by atoms with van der Waals surface area (Å²) in [4.78, 5) is 0. The molecular formula is C63H68. The second-order valence-corrected chi connectivity index (χ2v) is 16.4. The molecule has 0 radical (unpaired) electrons. The summed E-state index contributed by atoms with van der Waals surface area (Å²) in [6.45, 7) is 22.8. The van der Waals surface area contributed by atoms with Crippen molar-refractivity contribution in [1.82, 2.24) is 0 Å². The van der Waals surface area contributed by atoms with E-state index in [4.69, 9.17) is 0 Å². The molecular weight excluding hydrogens is 757 g/mol. The van der Waals surface area contributed by atoms with Gasteiger partial charge in [-0.2, -0.15) is 0 Å². The van der Waals surface area contributed by atoms with E-state index in [1.165, 1.54) is 114 Å². The van der Waals surface area contributed by atoms with Gasteiger partial charge in [-0.15, -0.1) is 0 Å². The lowest BCUT2D eigenvalue weighted by molar-refractivity contribution is 0.683. The van der Waals surface area contributed by atoms with E-state index in [-0.39, 0.29) is 5.41 Å². The Morgan fingerprint density at radius 3 is 1.90 bits per heavy atom. The smallest absolute Gasteiger partial charge is 0.0716 e. The summed E-state index contributed by atoms with van der Waals surface area (Å²) in [6.07, 6.45) is 19.8. The summed E-state index contributed by atoms with van der Waals surface area (Å²) in [5, 5.41) is 0. The van der Waals surface area contributed by atoms with Gasteiger partial charge in [-0.25, -0.2) is 0 Å². The van der Waals surface area contributed by atoms with Crippen LogP contribution in [0.4, 0.5) is 0 Å². The Balaban J connectivity index is 0.000000953. The van der Waals surface area contributed by atoms with E-state index < -0.39 is 5.41 Å². The number of hydrogen-bond donors (Lipinski definition) is 0. The number of fused-ring (bicyclic) bond motifs is 9. The van der Waals surface area contributed by atoms with Crippen molar-refractivity contribution >= 4 is 5.57 Å². The molecule has 63 heavy (non-hydrogen) atoms. The molecule has 0 N–H and O–H groups in total. The van der Waals surface area contributed by atoms with Gasteiger partial charge in [0, 0.05) is 0 Å². The van der Waals surface area contributed by atoms with Crippen LogP contribution in [0.5, 0.6) is 0 Å². The van der Waals surface area contributed by atoms with Crippen LogP contribution in [0.1, 0.15) is 136 Å². The first-order valence-electron chi connectivity index (χ1n) is 24.1. The lowest BCUT2D eigenvalue weighted by atomic mass is 9.66. The molecule has 0 fully saturated rings. The molecule has 0 heteroatoms. The quantitative estimate of drug-likeness (QED) is 0.141. The minimum Gasteiger partial charge on any atom is -0.0991 e. The fourth-order valence-electron chi connectivity index (χ4n) is 11.6. The molecule has 0 saturated carbocycles. The van der Waals surface area contributed by atoms with Gasteiger partial charge in [0.05, 0.1) is 10.8 Å². The largest absolute Gasteiger partial charge is 0.0991 e. The SMILES string of the molecule is C=C/C=C\C=C1/Cc2ccccc2C12C(CC)=C(/C=C\C)c1ccc(-c3ccc4c(c3)C(c3ccccc3)(c3ccccc3C)c3ccc5c(c3-4)CCCC5)cc12.CC.CC.CC. The van der Waals surface area contributed by atoms with Crippen LogP contribution in [-0.2, 0) is 30.1 Å². The zero-order chi connectivity index (χ0) is 44.7. The van der Waals surface area contributed by atoms with Crippen molar-refractivity contribution in [2.24, 2.45) is 0 Å². The molecule has 6 aromatic rings. The minimum atomic E-state index is -0.439. The van der Waals surface area contributed by atoms with Crippen LogP contribution in [0.2, 0.25) is 0 Å². The summed E-state index contributed by atoms with van der Waals surface area (Å²) in [7, 11) is 0. The summed E-state index contributed by atoms with van der Waals surface area (Å²) in [5.41, 5.74) is 24.5. The molecule has 1 spiro atoms. The van der Waals surface area contributed by atoms with E-state index in [1.54, 1.807) is 5.56 Å². The Hall–Kier alpha value is -5.98. The number of hydrogen-bond acceptors (Lipinski definition) is 0. The molecule has 0 saturated heterocycles. The van der Waals surface area contributed by atoms with Crippen molar-refractivity contribution in [1.29, 1.82) is 0 Å². The van der Waals surface area contributed by atoms with Gasteiger partial charge < -0.3 is 0 Å². The second-order valence-electron chi connectivity index (χ2n) is 16.4. The maximum Gasteiger partial charge on any atom is 0.0716 e. The molecule has 2 unspecified atom stereocenters. The molecule has 320 valence electrons. The topological polar surface area (TPSA) is 0 Å². The van der Waals surface area contributed by atoms with Crippen LogP contribution < -0.4 is 0 Å². The standard InChI is InChI=1S/C57H50.3C2H6/c1-5-8-10-25-44-35-42-22-15-18-28-51(42)57(44)49(7-3)46(19-6-2)47-32-29-40(36-53(47)57)41-30-33-48-54(37-41)56(43-23-11-9-12-24-43,50-27-17-13-20-38(50)4)52-34-31-39-21-14-16-26-45(39)55(48)52;3*1-2/h5-6,8-13,15,17-20,22-25,27-34,36-37H,1,7,14,16,21,26,35H2,2-4H3;3*1-2H3/b10-8-,19-6-,44-25+;;;. The monoisotopic (exact) mass is 825 g/mol. The van der Waals surface area contributed by atoms with Crippen molar-refractivity contribution in [3.63, 3.8) is 0 Å². The highest BCUT2D eigenvalue weighted by Gasteiger charge is 2.52. The van der Waals surface area contributed by atoms with Crippen LogP contribution in [0, 0.1) is 6.92 Å². The predicted octanol–water partition coefficient (Wildman–Crippen LogP) is 17.2. The van der Waals surface area contributed by atoms with Gasteiger partial charge in [0.15, 0.2) is 0 Å². The molecule has 4 aliphatic rings. The fourth-order valence-corrected chi connectivity index (χ4v) is 11.6. The average Bonchev–Trinajstić information content (AvgIpc) is 3.94. The highest BCUT2D eigenvalue weighted by atomic mass is 14.5. The summed E-state index contributed by atoms with van der Waals surface area (Å²) in [5.74, 6) is 0. The van der Waals surface area contributed by atoms with Crippen LogP contribution in [0.3, 0.4) is 0 Å². The third kappa shape index (κ3) is 7.07. The Morgan fingerprint density at radius 2 is 1.22 bits per heavy atom. The van der Waals surface area contributed by atoms with Crippen LogP contribution in [-0.4, -0.2) is 0 Å². The van der Waals surface area contributed by atoms with E-state index in [2.05, 4.69) is 185 Å². The molecule has 0 amide bonds. The molecule has 0 aliphatic heterocycles. The van der Waals surface area contributed by atoms with Crippen molar-refractivity contribution in [3.8, 4) is 22.3 Å². The highest BCUT2D eigenvalue weighted by molar-refractivity contribution is 5.94. The maximum absolute atomic E-state index is 3.98. The lowest BCUT2D eigenvalue weighted by Gasteiger charge is -2.36. The van der Waals surface area contributed by atoms with Crippen molar-refractivity contribution < 1.29 is 0 Å². The lowest BCUT2D eigenvalue weighted by Crippen LogP contribution is -2.29. The van der Waals surface area contributed by atoms with Crippen LogP contribution in [0.15, 0.2) is 182 Å². The van der Waals surface area contributed by atoms with Crippen molar-refractivity contribution in [2.45, 2.75) is 112 Å². The van der Waals surface area contributed by atoms with E-state index in [9.17, 15) is 0 Å². The molecule has 10 rings (SSSR count). The van der Waals surface area contributed by atoms with Crippen molar-refractivity contribution in [2.75, 3.05) is 0 Å². The minimum absolute atomic E-state index is 0.321. The Kier molecular flexibility index (Phi) is 14.0. The third-order valence-corrected chi connectivity index (χ3v) is 13.7. The van der Waals surface area contributed by atoms with Gasteiger partial charge in [-0.1, -0.05) is 207 Å². The number of rotatable bonds is 7. The molecule has 0 heterocycles. The number of aryl methyl sites for hydroxylation is 2. The average molecular weight is 825 g/mol. The molecule has 2 atom stereocenters. The zero-order valence-corrected chi connectivity index (χ0v) is 39.5. The Morgan fingerprint density at radius 1 is 0.587 bits per heavy atom. The Bertz CT molecular complexity index is 2730. The fraction of sp³-hybridized carbons (Fsp3) is 0.270. The van der Waals surface area contributed by atoms with Gasteiger partial charge in [-0.05, 0) is 165 Å². The normalized spacial score (nSPS) is 19.3. The first-order chi connectivity index (χ1) is 31.1. The van der Waals surface area contributed by atoms with Crippen molar-refractivity contribution in [3.05, 3.63) is 243 Å². The highest BCUT2D eigenvalue weighted by Crippen LogP contribution is 2.62. The molecule has 6 aromatic carbocycles. The van der Waals surface area contributed by atoms with E-state index in [0.717, 1.165) is 19.3 Å². The van der Waals surface area contributed by atoms with Crippen LogP contribution >= 0.6 is 0 Å². The van der Waals surface area contributed by atoms with Crippen LogP contribution in [0.25, 0.3) is 27.8 Å². The van der Waals surface area contributed by atoms with E-state index >= 15 is 0 Å². The second kappa shape index (κ2) is 19.6. The van der Waals surface area contributed by atoms with Gasteiger partial charge in [-0.3, -0.25) is 0 Å². The third-order valence-electron chi connectivity index (χ3n) is 13.7. The first-order valence-corrected chi connectivity index (χ1v) is 24.1. The van der Waals surface area contributed by atoms with E-state index in [1.807, 2.05) is 47.6 Å². The molecule has 0 bridgehead atoms.